The Balaban J connectivity index is 3.38. The number of hydrogen-bond donors (Lipinski definition) is 0. The number of amides is 2. The maximum Gasteiger partial charge on any atom is 0.240 e. The van der Waals surface area contributed by atoms with Crippen LogP contribution in [0, 0.1) is 0 Å². The lowest BCUT2D eigenvalue weighted by atomic mass is 10.4. The van der Waals surface area contributed by atoms with Crippen molar-refractivity contribution in [2.24, 2.45) is 0 Å². The van der Waals surface area contributed by atoms with Gasteiger partial charge in [0.1, 0.15) is 26.9 Å². The average Bonchev–Trinajstić information content (AvgIpc) is 2.85. The van der Waals surface area contributed by atoms with Gasteiger partial charge in [0.15, 0.2) is 0 Å². The van der Waals surface area contributed by atoms with Crippen LogP contribution in [0.5, 0.6) is 0 Å². The van der Waals surface area contributed by atoms with Gasteiger partial charge in [-0.25, -0.2) is 0 Å². The summed E-state index contributed by atoms with van der Waals surface area (Å²) >= 11 is 0. The fraction of sp³-hybridized carbons (Fsp3) is 0.792. The number of unbranched alkanes of at least 4 members (excludes halogenated alkanes) is 3. The fourth-order valence-electron chi connectivity index (χ4n) is 2.84. The van der Waals surface area contributed by atoms with Gasteiger partial charge in [-0.05, 0) is 19.3 Å². The Hall–Kier alpha value is -2.41. The average molecular weight is 513 g/mol. The molecule has 0 aliphatic rings. The molecule has 36 heavy (non-hydrogen) atoms. The minimum atomic E-state index is -0.305. The molecule has 12 nitrogen and oxygen atoms in total. The van der Waals surface area contributed by atoms with Crippen LogP contribution in [-0.4, -0.2) is 80.6 Å². The van der Waals surface area contributed by atoms with Crippen LogP contribution in [0.4, 0.5) is 17.8 Å². The molecule has 206 valence electrons. The number of methoxy groups -OCH3 is 1. The predicted octanol–water partition coefficient (Wildman–Crippen LogP) is 3.31. The maximum absolute atomic E-state index is 12.5. The Kier molecular flexibility index (Phi) is 16.5. The van der Waals surface area contributed by atoms with Gasteiger partial charge < -0.3 is 18.9 Å². The molecule has 0 aromatic carbocycles. The van der Waals surface area contributed by atoms with Gasteiger partial charge in [-0.2, -0.15) is 15.0 Å². The van der Waals surface area contributed by atoms with E-state index in [0.717, 1.165) is 38.5 Å². The highest BCUT2D eigenvalue weighted by Crippen LogP contribution is 2.20. The van der Waals surface area contributed by atoms with E-state index in [1.54, 1.807) is 12.0 Å². The van der Waals surface area contributed by atoms with Gasteiger partial charge in [0.2, 0.25) is 29.7 Å². The van der Waals surface area contributed by atoms with Crippen LogP contribution >= 0.6 is 0 Å². The third-order valence-corrected chi connectivity index (χ3v) is 5.03. The first-order valence-corrected chi connectivity index (χ1v) is 12.7. The van der Waals surface area contributed by atoms with E-state index in [2.05, 4.69) is 35.7 Å². The Morgan fingerprint density at radius 2 is 1.03 bits per heavy atom. The Labute approximate surface area is 215 Å². The molecule has 0 bridgehead atoms. The molecule has 0 spiro atoms. The minimum absolute atomic E-state index is 0.0252. The van der Waals surface area contributed by atoms with E-state index in [1.807, 2.05) is 0 Å². The molecule has 1 rings (SSSR count). The van der Waals surface area contributed by atoms with Crippen molar-refractivity contribution in [1.29, 1.82) is 0 Å². The second-order valence-electron chi connectivity index (χ2n) is 8.26. The standard InChI is InChI=1S/C24H44N6O6/c1-7-10-13-34-17-28(16-33-6)22-25-23(29(20(4)31)18-35-14-11-8-2)27-24(26-22)30(21(5)32)19-36-15-12-9-3/h7-19H2,1-6H3. The van der Waals surface area contributed by atoms with Gasteiger partial charge in [-0.3, -0.25) is 24.3 Å². The summed E-state index contributed by atoms with van der Waals surface area (Å²) in [6.07, 6.45) is 5.58. The van der Waals surface area contributed by atoms with Crippen molar-refractivity contribution < 1.29 is 28.5 Å². The molecule has 0 N–H and O–H groups in total. The van der Waals surface area contributed by atoms with Crippen LogP contribution in [0.15, 0.2) is 0 Å². The molecule has 0 saturated heterocycles. The third kappa shape index (κ3) is 11.5. The van der Waals surface area contributed by atoms with Crippen molar-refractivity contribution in [3.8, 4) is 0 Å². The number of hydrogen-bond acceptors (Lipinski definition) is 10. The predicted molar refractivity (Wildman–Crippen MR) is 138 cm³/mol. The lowest BCUT2D eigenvalue weighted by Crippen LogP contribution is -2.38. The Morgan fingerprint density at radius 1 is 0.639 bits per heavy atom. The minimum Gasteiger partial charge on any atom is -0.364 e. The second-order valence-corrected chi connectivity index (χ2v) is 8.26. The van der Waals surface area contributed by atoms with Gasteiger partial charge in [0, 0.05) is 40.8 Å². The summed E-state index contributed by atoms with van der Waals surface area (Å²) in [5.74, 6) is -0.281. The lowest BCUT2D eigenvalue weighted by molar-refractivity contribution is -0.118. The highest BCUT2D eigenvalue weighted by molar-refractivity contribution is 5.91. The molecule has 1 heterocycles. The van der Waals surface area contributed by atoms with Crippen molar-refractivity contribution in [3.05, 3.63) is 0 Å². The van der Waals surface area contributed by atoms with Crippen LogP contribution in [0.25, 0.3) is 0 Å². The molecule has 1 aromatic heterocycles. The summed E-state index contributed by atoms with van der Waals surface area (Å²) < 4.78 is 22.4. The van der Waals surface area contributed by atoms with Crippen LogP contribution < -0.4 is 14.7 Å². The number of anilines is 3. The van der Waals surface area contributed by atoms with E-state index in [9.17, 15) is 9.59 Å². The first-order chi connectivity index (χ1) is 17.4. The summed E-state index contributed by atoms with van der Waals surface area (Å²) in [6, 6.07) is 0. The zero-order valence-electron chi connectivity index (χ0n) is 22.8. The van der Waals surface area contributed by atoms with E-state index < -0.39 is 0 Å². The molecule has 12 heteroatoms. The van der Waals surface area contributed by atoms with E-state index >= 15 is 0 Å². The molecule has 0 radical (unpaired) electrons. The first-order valence-electron chi connectivity index (χ1n) is 12.7. The zero-order valence-corrected chi connectivity index (χ0v) is 22.8. The third-order valence-electron chi connectivity index (χ3n) is 5.03. The summed E-state index contributed by atoms with van der Waals surface area (Å²) in [4.78, 5) is 42.7. The van der Waals surface area contributed by atoms with Crippen molar-refractivity contribution >= 4 is 29.7 Å². The van der Waals surface area contributed by atoms with Crippen LogP contribution in [0.1, 0.15) is 73.1 Å². The molecule has 1 aromatic rings. The van der Waals surface area contributed by atoms with E-state index in [-0.39, 0.29) is 56.6 Å². The van der Waals surface area contributed by atoms with Crippen molar-refractivity contribution in [2.75, 3.05) is 68.6 Å². The zero-order chi connectivity index (χ0) is 26.8. The van der Waals surface area contributed by atoms with Gasteiger partial charge in [0.25, 0.3) is 0 Å². The number of carbonyl (C=O) groups is 2. The van der Waals surface area contributed by atoms with Gasteiger partial charge in [-0.1, -0.05) is 40.0 Å². The number of ether oxygens (including phenoxy) is 4. The van der Waals surface area contributed by atoms with Crippen LogP contribution in [-0.2, 0) is 28.5 Å². The van der Waals surface area contributed by atoms with Crippen LogP contribution in [0.3, 0.4) is 0 Å². The molecular weight excluding hydrogens is 468 g/mol. The molecule has 0 fully saturated rings. The summed E-state index contributed by atoms with van der Waals surface area (Å²) in [5.41, 5.74) is 0. The second kappa shape index (κ2) is 18.8. The van der Waals surface area contributed by atoms with E-state index in [0.29, 0.717) is 19.8 Å². The molecule has 0 unspecified atom stereocenters. The van der Waals surface area contributed by atoms with E-state index in [4.69, 9.17) is 18.9 Å². The smallest absolute Gasteiger partial charge is 0.240 e. The molecule has 0 saturated carbocycles. The Bertz CT molecular complexity index is 720. The van der Waals surface area contributed by atoms with Gasteiger partial charge >= 0.3 is 0 Å². The van der Waals surface area contributed by atoms with Crippen molar-refractivity contribution in [3.63, 3.8) is 0 Å². The number of carbonyl (C=O) groups excluding carboxylic acids is 2. The molecular formula is C24H44N6O6. The molecule has 2 amide bonds. The number of rotatable bonds is 20. The SMILES string of the molecule is CCCCOCN(COC)c1nc(N(COCCCC)C(C)=O)nc(N(COCCCC)C(C)=O)n1. The van der Waals surface area contributed by atoms with Gasteiger partial charge in [-0.15, -0.1) is 0 Å². The summed E-state index contributed by atoms with van der Waals surface area (Å²) in [5, 5.41) is 0. The summed E-state index contributed by atoms with van der Waals surface area (Å²) in [7, 11) is 1.55. The maximum atomic E-state index is 12.5. The van der Waals surface area contributed by atoms with Gasteiger partial charge in [0.05, 0.1) is 0 Å². The topological polar surface area (TPSA) is 119 Å². The van der Waals surface area contributed by atoms with E-state index in [1.165, 1.54) is 23.6 Å². The molecule has 0 atom stereocenters. The monoisotopic (exact) mass is 512 g/mol. The van der Waals surface area contributed by atoms with Crippen LogP contribution in [0.2, 0.25) is 0 Å². The van der Waals surface area contributed by atoms with Crippen molar-refractivity contribution in [2.45, 2.75) is 73.1 Å². The fourth-order valence-corrected chi connectivity index (χ4v) is 2.84. The lowest BCUT2D eigenvalue weighted by Gasteiger charge is -2.26. The quantitative estimate of drug-likeness (QED) is 0.190. The largest absolute Gasteiger partial charge is 0.364 e. The number of nitrogens with zero attached hydrogens (tertiary/aromatic N) is 6. The molecule has 0 aliphatic carbocycles. The van der Waals surface area contributed by atoms with Crippen molar-refractivity contribution in [1.82, 2.24) is 15.0 Å². The highest BCUT2D eigenvalue weighted by atomic mass is 16.5. The normalized spacial score (nSPS) is 10.9. The molecule has 0 aliphatic heterocycles. The number of aromatic nitrogens is 3. The summed E-state index contributed by atoms with van der Waals surface area (Å²) in [6.45, 7) is 10.8. The highest BCUT2D eigenvalue weighted by Gasteiger charge is 2.24. The first kappa shape index (κ1) is 31.6. The Morgan fingerprint density at radius 3 is 1.39 bits per heavy atom.